The molecule has 0 aromatic heterocycles. The van der Waals surface area contributed by atoms with Crippen molar-refractivity contribution in [3.05, 3.63) is 65.7 Å². The van der Waals surface area contributed by atoms with Crippen LogP contribution < -0.4 is 10.1 Å². The molecule has 2 aromatic carbocycles. The predicted molar refractivity (Wildman–Crippen MR) is 91.4 cm³/mol. The highest BCUT2D eigenvalue weighted by atomic mass is 35.5. The van der Waals surface area contributed by atoms with E-state index < -0.39 is 0 Å². The summed E-state index contributed by atoms with van der Waals surface area (Å²) < 4.78 is 5.27. The van der Waals surface area contributed by atoms with Crippen molar-refractivity contribution in [3.8, 4) is 5.75 Å². The summed E-state index contributed by atoms with van der Waals surface area (Å²) in [6.45, 7) is 4.43. The molecule has 2 rings (SSSR count). The standard InChI is InChI=1S/C18H23NO.ClH/c1-14(12-16-8-7-11-18(13-16)20-3)19-15(2)17-9-5-4-6-10-17;/h4-11,13-15,19H,12H2,1-3H3;1H. The molecule has 0 saturated heterocycles. The molecular formula is C18H24ClNO. The zero-order chi connectivity index (χ0) is 14.4. The molecule has 2 unspecified atom stereocenters. The van der Waals surface area contributed by atoms with Gasteiger partial charge < -0.3 is 10.1 Å². The first kappa shape index (κ1) is 17.5. The molecule has 21 heavy (non-hydrogen) atoms. The smallest absolute Gasteiger partial charge is 0.119 e. The summed E-state index contributed by atoms with van der Waals surface area (Å²) in [7, 11) is 1.71. The second kappa shape index (κ2) is 8.71. The Bertz CT molecular complexity index is 530. The van der Waals surface area contributed by atoms with Gasteiger partial charge in [0.05, 0.1) is 7.11 Å². The van der Waals surface area contributed by atoms with Crippen molar-refractivity contribution in [1.82, 2.24) is 5.32 Å². The highest BCUT2D eigenvalue weighted by molar-refractivity contribution is 5.85. The van der Waals surface area contributed by atoms with Crippen LogP contribution in [0.2, 0.25) is 0 Å². The van der Waals surface area contributed by atoms with Gasteiger partial charge in [0.25, 0.3) is 0 Å². The average molecular weight is 306 g/mol. The van der Waals surface area contributed by atoms with Crippen molar-refractivity contribution >= 4 is 12.4 Å². The molecule has 0 aliphatic rings. The van der Waals surface area contributed by atoms with Gasteiger partial charge in [0.1, 0.15) is 5.75 Å². The van der Waals surface area contributed by atoms with E-state index in [0.29, 0.717) is 12.1 Å². The van der Waals surface area contributed by atoms with Gasteiger partial charge in [-0.05, 0) is 43.5 Å². The van der Waals surface area contributed by atoms with Crippen LogP contribution in [0.15, 0.2) is 54.6 Å². The fourth-order valence-electron chi connectivity index (χ4n) is 2.48. The summed E-state index contributed by atoms with van der Waals surface area (Å²) in [4.78, 5) is 0. The van der Waals surface area contributed by atoms with E-state index in [4.69, 9.17) is 4.74 Å². The quantitative estimate of drug-likeness (QED) is 0.854. The first-order chi connectivity index (χ1) is 9.69. The second-order valence-electron chi connectivity index (χ2n) is 5.26. The number of nitrogens with one attached hydrogen (secondary N) is 1. The van der Waals surface area contributed by atoms with Crippen molar-refractivity contribution in [3.63, 3.8) is 0 Å². The summed E-state index contributed by atoms with van der Waals surface area (Å²) in [6, 6.07) is 19.6. The normalized spacial score (nSPS) is 13.1. The van der Waals surface area contributed by atoms with Gasteiger partial charge in [-0.25, -0.2) is 0 Å². The Morgan fingerprint density at radius 1 is 1.00 bits per heavy atom. The number of methoxy groups -OCH3 is 1. The summed E-state index contributed by atoms with van der Waals surface area (Å²) in [5, 5.41) is 3.64. The second-order valence-corrected chi connectivity index (χ2v) is 5.26. The van der Waals surface area contributed by atoms with Crippen LogP contribution in [0.5, 0.6) is 5.75 Å². The Kier molecular flexibility index (Phi) is 7.27. The first-order valence-electron chi connectivity index (χ1n) is 7.13. The monoisotopic (exact) mass is 305 g/mol. The van der Waals surface area contributed by atoms with Crippen LogP contribution in [0.3, 0.4) is 0 Å². The van der Waals surface area contributed by atoms with Crippen LogP contribution in [-0.2, 0) is 6.42 Å². The summed E-state index contributed by atoms with van der Waals surface area (Å²) in [6.07, 6.45) is 0.994. The van der Waals surface area contributed by atoms with Gasteiger partial charge in [0.2, 0.25) is 0 Å². The van der Waals surface area contributed by atoms with Crippen LogP contribution >= 0.6 is 12.4 Å². The summed E-state index contributed by atoms with van der Waals surface area (Å²) in [5.74, 6) is 0.922. The molecule has 0 fully saturated rings. The maximum absolute atomic E-state index is 5.27. The first-order valence-corrected chi connectivity index (χ1v) is 7.13. The van der Waals surface area contributed by atoms with E-state index in [-0.39, 0.29) is 12.4 Å². The number of ether oxygens (including phenoxy) is 1. The molecule has 0 aliphatic carbocycles. The molecule has 0 heterocycles. The minimum absolute atomic E-state index is 0. The molecule has 0 spiro atoms. The molecule has 1 N–H and O–H groups in total. The number of rotatable bonds is 6. The fraction of sp³-hybridized carbons (Fsp3) is 0.333. The van der Waals surface area contributed by atoms with Gasteiger partial charge in [0.15, 0.2) is 0 Å². The van der Waals surface area contributed by atoms with Gasteiger partial charge in [-0.2, -0.15) is 0 Å². The Balaban J connectivity index is 0.00000220. The van der Waals surface area contributed by atoms with Crippen molar-refractivity contribution in [1.29, 1.82) is 0 Å². The molecule has 0 bridgehead atoms. The number of hydrogen-bond donors (Lipinski definition) is 1. The van der Waals surface area contributed by atoms with Crippen molar-refractivity contribution in [2.24, 2.45) is 0 Å². The highest BCUT2D eigenvalue weighted by Gasteiger charge is 2.10. The summed E-state index contributed by atoms with van der Waals surface area (Å²) in [5.41, 5.74) is 2.62. The van der Waals surface area contributed by atoms with Gasteiger partial charge >= 0.3 is 0 Å². The minimum atomic E-state index is 0. The Morgan fingerprint density at radius 3 is 2.38 bits per heavy atom. The van der Waals surface area contributed by atoms with Gasteiger partial charge in [-0.3, -0.25) is 0 Å². The maximum Gasteiger partial charge on any atom is 0.119 e. The van der Waals surface area contributed by atoms with Crippen molar-refractivity contribution < 1.29 is 4.74 Å². The zero-order valence-corrected chi connectivity index (χ0v) is 13.7. The van der Waals surface area contributed by atoms with Crippen LogP contribution in [0, 0.1) is 0 Å². The van der Waals surface area contributed by atoms with Gasteiger partial charge in [-0.1, -0.05) is 42.5 Å². The van der Waals surface area contributed by atoms with Crippen LogP contribution in [0.1, 0.15) is 31.0 Å². The molecule has 3 heteroatoms. The lowest BCUT2D eigenvalue weighted by atomic mass is 10.0. The predicted octanol–water partition coefficient (Wildman–Crippen LogP) is 4.40. The van der Waals surface area contributed by atoms with E-state index in [1.54, 1.807) is 7.11 Å². The van der Waals surface area contributed by atoms with Crippen LogP contribution in [0.4, 0.5) is 0 Å². The Morgan fingerprint density at radius 2 is 1.71 bits per heavy atom. The zero-order valence-electron chi connectivity index (χ0n) is 12.9. The SMILES string of the molecule is COc1cccc(CC(C)NC(C)c2ccccc2)c1.Cl. The molecule has 2 atom stereocenters. The third kappa shape index (κ3) is 5.41. The molecule has 2 aromatic rings. The van der Waals surface area contributed by atoms with E-state index >= 15 is 0 Å². The van der Waals surface area contributed by atoms with Gasteiger partial charge in [-0.15, -0.1) is 12.4 Å². The molecule has 0 saturated carbocycles. The average Bonchev–Trinajstić information content (AvgIpc) is 2.48. The van der Waals surface area contributed by atoms with E-state index in [1.165, 1.54) is 11.1 Å². The van der Waals surface area contributed by atoms with Crippen LogP contribution in [-0.4, -0.2) is 13.2 Å². The minimum Gasteiger partial charge on any atom is -0.497 e. The lowest BCUT2D eigenvalue weighted by Gasteiger charge is -2.20. The van der Waals surface area contributed by atoms with Crippen molar-refractivity contribution in [2.45, 2.75) is 32.4 Å². The third-order valence-corrected chi connectivity index (χ3v) is 3.51. The van der Waals surface area contributed by atoms with Crippen molar-refractivity contribution in [2.75, 3.05) is 7.11 Å². The van der Waals surface area contributed by atoms with Crippen LogP contribution in [0.25, 0.3) is 0 Å². The maximum atomic E-state index is 5.27. The molecule has 0 aliphatic heterocycles. The van der Waals surface area contributed by atoms with E-state index in [2.05, 4.69) is 61.6 Å². The summed E-state index contributed by atoms with van der Waals surface area (Å²) >= 11 is 0. The lowest BCUT2D eigenvalue weighted by molar-refractivity contribution is 0.413. The molecule has 114 valence electrons. The largest absolute Gasteiger partial charge is 0.497 e. The van der Waals surface area contributed by atoms with E-state index in [0.717, 1.165) is 12.2 Å². The van der Waals surface area contributed by atoms with Gasteiger partial charge in [0, 0.05) is 12.1 Å². The Hall–Kier alpha value is -1.51. The third-order valence-electron chi connectivity index (χ3n) is 3.51. The lowest BCUT2D eigenvalue weighted by Crippen LogP contribution is -2.30. The Labute approximate surface area is 133 Å². The number of hydrogen-bond acceptors (Lipinski definition) is 2. The number of benzene rings is 2. The number of halogens is 1. The van der Waals surface area contributed by atoms with E-state index in [9.17, 15) is 0 Å². The topological polar surface area (TPSA) is 21.3 Å². The fourth-order valence-corrected chi connectivity index (χ4v) is 2.48. The molecule has 0 radical (unpaired) electrons. The highest BCUT2D eigenvalue weighted by Crippen LogP contribution is 2.16. The molecule has 2 nitrogen and oxygen atoms in total. The molecular weight excluding hydrogens is 282 g/mol. The molecule has 0 amide bonds. The van der Waals surface area contributed by atoms with E-state index in [1.807, 2.05) is 12.1 Å².